The minimum atomic E-state index is -1.36. The van der Waals surface area contributed by atoms with E-state index in [1.807, 2.05) is 0 Å². The van der Waals surface area contributed by atoms with Crippen molar-refractivity contribution < 1.29 is 18.7 Å². The molecule has 1 aromatic carbocycles. The molecule has 0 aliphatic heterocycles. The Balaban J connectivity index is 3.22. The molecule has 0 aliphatic rings. The zero-order valence-electron chi connectivity index (χ0n) is 7.42. The first-order chi connectivity index (χ1) is 6.57. The molecule has 1 rings (SSSR count). The van der Waals surface area contributed by atoms with E-state index >= 15 is 0 Å². The number of benzene rings is 1. The predicted octanol–water partition coefficient (Wildman–Crippen LogP) is 1.31. The van der Waals surface area contributed by atoms with Crippen molar-refractivity contribution in [3.63, 3.8) is 0 Å². The molecule has 2 N–H and O–H groups in total. The van der Waals surface area contributed by atoms with Gasteiger partial charge in [0.15, 0.2) is 0 Å². The summed E-state index contributed by atoms with van der Waals surface area (Å²) in [4.78, 5) is 10.6. The number of carboxylic acids is 1. The number of rotatable bonds is 3. The van der Waals surface area contributed by atoms with Gasteiger partial charge in [-0.25, -0.2) is 8.78 Å². The van der Waals surface area contributed by atoms with Crippen molar-refractivity contribution in [1.82, 2.24) is 5.32 Å². The molecule has 0 aliphatic carbocycles. The monoisotopic (exact) mass is 201 g/mol. The molecule has 0 bridgehead atoms. The van der Waals surface area contributed by atoms with Crippen LogP contribution >= 0.6 is 0 Å². The van der Waals surface area contributed by atoms with Crippen LogP contribution in [0.2, 0.25) is 0 Å². The topological polar surface area (TPSA) is 49.3 Å². The third kappa shape index (κ3) is 1.88. The van der Waals surface area contributed by atoms with Gasteiger partial charge in [0, 0.05) is 0 Å². The molecule has 0 fully saturated rings. The third-order valence-electron chi connectivity index (χ3n) is 1.82. The molecule has 3 nitrogen and oxygen atoms in total. The van der Waals surface area contributed by atoms with E-state index in [-0.39, 0.29) is 0 Å². The van der Waals surface area contributed by atoms with Crippen LogP contribution in [0.1, 0.15) is 11.6 Å². The number of halogens is 2. The van der Waals surface area contributed by atoms with Gasteiger partial charge >= 0.3 is 5.97 Å². The summed E-state index contributed by atoms with van der Waals surface area (Å²) in [5, 5.41) is 11.0. The normalized spacial score (nSPS) is 12.5. The fourth-order valence-corrected chi connectivity index (χ4v) is 1.18. The van der Waals surface area contributed by atoms with E-state index in [0.29, 0.717) is 0 Å². The van der Waals surface area contributed by atoms with Crippen LogP contribution in [0, 0.1) is 11.6 Å². The Morgan fingerprint density at radius 2 is 1.93 bits per heavy atom. The predicted molar refractivity (Wildman–Crippen MR) is 45.8 cm³/mol. The second-order valence-corrected chi connectivity index (χ2v) is 2.70. The quantitative estimate of drug-likeness (QED) is 0.775. The molecular formula is C9H9F2NO2. The van der Waals surface area contributed by atoms with E-state index in [1.165, 1.54) is 13.1 Å². The zero-order valence-corrected chi connectivity index (χ0v) is 7.42. The van der Waals surface area contributed by atoms with Gasteiger partial charge in [-0.2, -0.15) is 0 Å². The Kier molecular flexibility index (Phi) is 3.14. The van der Waals surface area contributed by atoms with Crippen LogP contribution in [-0.4, -0.2) is 18.1 Å². The fraction of sp³-hybridized carbons (Fsp3) is 0.222. The smallest absolute Gasteiger partial charge is 0.325 e. The van der Waals surface area contributed by atoms with Gasteiger partial charge < -0.3 is 10.4 Å². The molecule has 5 heteroatoms. The van der Waals surface area contributed by atoms with Crippen molar-refractivity contribution in [1.29, 1.82) is 0 Å². The van der Waals surface area contributed by atoms with Gasteiger partial charge in [0.25, 0.3) is 0 Å². The first-order valence-corrected chi connectivity index (χ1v) is 3.92. The van der Waals surface area contributed by atoms with Crippen molar-refractivity contribution in [3.05, 3.63) is 35.4 Å². The maximum atomic E-state index is 13.1. The molecular weight excluding hydrogens is 192 g/mol. The van der Waals surface area contributed by atoms with Crippen LogP contribution in [0.25, 0.3) is 0 Å². The first-order valence-electron chi connectivity index (χ1n) is 3.92. The standard InChI is InChI=1S/C9H9F2NO2/c1-12-8(9(13)14)7-5(10)3-2-4-6(7)11/h2-4,8,12H,1H3,(H,13,14)/t8-/m1/s1. The lowest BCUT2D eigenvalue weighted by Crippen LogP contribution is -2.27. The highest BCUT2D eigenvalue weighted by atomic mass is 19.1. The second-order valence-electron chi connectivity index (χ2n) is 2.70. The molecule has 0 heterocycles. The number of hydrogen-bond donors (Lipinski definition) is 2. The van der Waals surface area contributed by atoms with E-state index in [4.69, 9.17) is 5.11 Å². The lowest BCUT2D eigenvalue weighted by molar-refractivity contribution is -0.139. The molecule has 0 saturated carbocycles. The third-order valence-corrected chi connectivity index (χ3v) is 1.82. The van der Waals surface area contributed by atoms with Crippen molar-refractivity contribution in [2.45, 2.75) is 6.04 Å². The van der Waals surface area contributed by atoms with E-state index in [2.05, 4.69) is 5.32 Å². The number of nitrogens with one attached hydrogen (secondary N) is 1. The Hall–Kier alpha value is -1.49. The summed E-state index contributed by atoms with van der Waals surface area (Å²) < 4.78 is 26.2. The summed E-state index contributed by atoms with van der Waals surface area (Å²) in [6.07, 6.45) is 0. The van der Waals surface area contributed by atoms with Crippen LogP contribution < -0.4 is 5.32 Å². The van der Waals surface area contributed by atoms with Crippen LogP contribution in [0.3, 0.4) is 0 Å². The highest BCUT2D eigenvalue weighted by Gasteiger charge is 2.24. The van der Waals surface area contributed by atoms with Crippen molar-refractivity contribution in [2.75, 3.05) is 7.05 Å². The summed E-state index contributed by atoms with van der Waals surface area (Å²) in [6.45, 7) is 0. The average molecular weight is 201 g/mol. The van der Waals surface area contributed by atoms with Crippen molar-refractivity contribution in [2.24, 2.45) is 0 Å². The van der Waals surface area contributed by atoms with E-state index in [1.54, 1.807) is 0 Å². The number of carbonyl (C=O) groups is 1. The van der Waals surface area contributed by atoms with Crippen LogP contribution in [-0.2, 0) is 4.79 Å². The van der Waals surface area contributed by atoms with Gasteiger partial charge in [0.1, 0.15) is 17.7 Å². The molecule has 1 atom stereocenters. The lowest BCUT2D eigenvalue weighted by atomic mass is 10.1. The number of hydrogen-bond acceptors (Lipinski definition) is 2. The largest absolute Gasteiger partial charge is 0.480 e. The summed E-state index contributed by atoms with van der Waals surface area (Å²) in [7, 11) is 1.32. The van der Waals surface area contributed by atoms with Crippen LogP contribution in [0.4, 0.5) is 8.78 Å². The Morgan fingerprint density at radius 1 is 1.43 bits per heavy atom. The van der Waals surface area contributed by atoms with E-state index in [0.717, 1.165) is 12.1 Å². The molecule has 0 amide bonds. The first kappa shape index (κ1) is 10.6. The maximum Gasteiger partial charge on any atom is 0.325 e. The summed E-state index contributed by atoms with van der Waals surface area (Å²) in [5.74, 6) is -3.06. The molecule has 0 radical (unpaired) electrons. The van der Waals surface area contributed by atoms with Gasteiger partial charge in [0.2, 0.25) is 0 Å². The number of carboxylic acid groups (broad SMARTS) is 1. The summed E-state index contributed by atoms with van der Waals surface area (Å²) in [5.41, 5.74) is -0.470. The molecule has 0 spiro atoms. The molecule has 1 aromatic rings. The molecule has 0 aromatic heterocycles. The molecule has 14 heavy (non-hydrogen) atoms. The van der Waals surface area contributed by atoms with Gasteiger partial charge in [-0.05, 0) is 19.2 Å². The lowest BCUT2D eigenvalue weighted by Gasteiger charge is -2.12. The molecule has 0 unspecified atom stereocenters. The van der Waals surface area contributed by atoms with Gasteiger partial charge in [0.05, 0.1) is 5.56 Å². The van der Waals surface area contributed by atoms with Crippen molar-refractivity contribution in [3.8, 4) is 0 Å². The van der Waals surface area contributed by atoms with Crippen molar-refractivity contribution >= 4 is 5.97 Å². The molecule has 0 saturated heterocycles. The van der Waals surface area contributed by atoms with Gasteiger partial charge in [-0.3, -0.25) is 4.79 Å². The average Bonchev–Trinajstić information content (AvgIpc) is 2.10. The molecule has 76 valence electrons. The van der Waals surface area contributed by atoms with Gasteiger partial charge in [-0.15, -0.1) is 0 Å². The van der Waals surface area contributed by atoms with E-state index in [9.17, 15) is 13.6 Å². The van der Waals surface area contributed by atoms with Gasteiger partial charge in [-0.1, -0.05) is 6.07 Å². The SMILES string of the molecule is CN[C@@H](C(=O)O)c1c(F)cccc1F. The second kappa shape index (κ2) is 4.15. The minimum Gasteiger partial charge on any atom is -0.480 e. The highest BCUT2D eigenvalue weighted by molar-refractivity contribution is 5.75. The van der Waals surface area contributed by atoms with E-state index < -0.39 is 29.2 Å². The van der Waals surface area contributed by atoms with Crippen LogP contribution in [0.5, 0.6) is 0 Å². The minimum absolute atomic E-state index is 0.470. The number of aliphatic carboxylic acids is 1. The Morgan fingerprint density at radius 3 is 2.29 bits per heavy atom. The summed E-state index contributed by atoms with van der Waals surface area (Å²) in [6, 6.07) is 1.86. The Bertz CT molecular complexity index is 334. The zero-order chi connectivity index (χ0) is 10.7. The highest BCUT2D eigenvalue weighted by Crippen LogP contribution is 2.20. The Labute approximate surface area is 79.4 Å². The maximum absolute atomic E-state index is 13.1. The van der Waals surface area contributed by atoms with Crippen LogP contribution in [0.15, 0.2) is 18.2 Å². The fourth-order valence-electron chi connectivity index (χ4n) is 1.18. The number of likely N-dealkylation sites (N-methyl/N-ethyl adjacent to an activating group) is 1. The summed E-state index contributed by atoms with van der Waals surface area (Å²) >= 11 is 0.